The first kappa shape index (κ1) is 36.3. The molecule has 1 amide bonds. The Hall–Kier alpha value is -3.52. The van der Waals surface area contributed by atoms with Crippen LogP contribution in [0.25, 0.3) is 5.65 Å². The second-order valence-electron chi connectivity index (χ2n) is 13.7. The average Bonchev–Trinajstić information content (AvgIpc) is 3.59. The summed E-state index contributed by atoms with van der Waals surface area (Å²) in [5.74, 6) is 2.05. The zero-order valence-electron chi connectivity index (χ0n) is 29.0. The van der Waals surface area contributed by atoms with Gasteiger partial charge in [-0.05, 0) is 62.6 Å². The molecule has 2 aromatic carbocycles. The second-order valence-corrected chi connectivity index (χ2v) is 14.0. The number of fused-ring (bicyclic) bond motifs is 1. The number of anilines is 1. The van der Waals surface area contributed by atoms with Crippen molar-refractivity contribution in [3.8, 4) is 11.5 Å². The quantitative estimate of drug-likeness (QED) is 0.0918. The minimum Gasteiger partial charge on any atom is -0.494 e. The molecule has 0 saturated heterocycles. The van der Waals surface area contributed by atoms with E-state index in [0.29, 0.717) is 41.6 Å². The predicted molar refractivity (Wildman–Crippen MR) is 192 cm³/mol. The molecule has 1 atom stereocenters. The lowest BCUT2D eigenvalue weighted by Gasteiger charge is -2.19. The minimum atomic E-state index is -0.554. The molecule has 0 spiro atoms. The third kappa shape index (κ3) is 11.6. The van der Waals surface area contributed by atoms with Crippen LogP contribution in [0, 0.1) is 6.92 Å². The number of halogens is 1. The van der Waals surface area contributed by atoms with Crippen LogP contribution in [0.5, 0.6) is 11.5 Å². The van der Waals surface area contributed by atoms with Crippen LogP contribution in [0.15, 0.2) is 48.5 Å². The van der Waals surface area contributed by atoms with Gasteiger partial charge in [0.15, 0.2) is 17.6 Å². The number of rotatable bonds is 20. The summed E-state index contributed by atoms with van der Waals surface area (Å²) in [7, 11) is 0. The second kappa shape index (κ2) is 18.1. The largest absolute Gasteiger partial charge is 0.494 e. The van der Waals surface area contributed by atoms with E-state index < -0.39 is 6.10 Å². The van der Waals surface area contributed by atoms with E-state index in [0.717, 1.165) is 42.1 Å². The SMILES string of the molecule is CCCCCCCCCCCCC(Oc1ccc(C)cc1)C(=O)Nc1ccc(OCCCc2nc3c(Cl)c(C(C)(C)C)[nH]n3n2)cc1. The smallest absolute Gasteiger partial charge is 0.265 e. The highest BCUT2D eigenvalue weighted by molar-refractivity contribution is 6.34. The van der Waals surface area contributed by atoms with Gasteiger partial charge in [-0.2, -0.15) is 4.63 Å². The fourth-order valence-electron chi connectivity index (χ4n) is 5.56. The number of H-pyrrole nitrogens is 1. The van der Waals surface area contributed by atoms with E-state index in [1.54, 1.807) is 4.63 Å². The summed E-state index contributed by atoms with van der Waals surface area (Å²) < 4.78 is 13.8. The molecule has 2 heterocycles. The van der Waals surface area contributed by atoms with Crippen LogP contribution < -0.4 is 14.8 Å². The van der Waals surface area contributed by atoms with Gasteiger partial charge in [-0.1, -0.05) is 115 Å². The third-order valence-corrected chi connectivity index (χ3v) is 8.74. The van der Waals surface area contributed by atoms with E-state index in [-0.39, 0.29) is 11.3 Å². The van der Waals surface area contributed by atoms with Crippen molar-refractivity contribution in [1.29, 1.82) is 0 Å². The van der Waals surface area contributed by atoms with Crippen molar-refractivity contribution in [3.63, 3.8) is 0 Å². The van der Waals surface area contributed by atoms with Crippen LogP contribution in [-0.4, -0.2) is 38.4 Å². The molecular formula is C38H54ClN5O3. The Bertz CT molecular complexity index is 1510. The van der Waals surface area contributed by atoms with E-state index >= 15 is 0 Å². The molecule has 0 saturated carbocycles. The Balaban J connectivity index is 1.21. The molecule has 4 aromatic rings. The Morgan fingerprint density at radius 1 is 0.894 bits per heavy atom. The number of ether oxygens (including phenoxy) is 2. The summed E-state index contributed by atoms with van der Waals surface area (Å²) in [6, 6.07) is 15.4. The van der Waals surface area contributed by atoms with Gasteiger partial charge >= 0.3 is 0 Å². The maximum absolute atomic E-state index is 13.3. The topological polar surface area (TPSA) is 93.5 Å². The van der Waals surface area contributed by atoms with E-state index in [4.69, 9.17) is 21.1 Å². The van der Waals surface area contributed by atoms with Crippen molar-refractivity contribution in [1.82, 2.24) is 19.8 Å². The highest BCUT2D eigenvalue weighted by Crippen LogP contribution is 2.31. The Kier molecular flexibility index (Phi) is 14.0. The number of hydrogen-bond acceptors (Lipinski definition) is 5. The normalized spacial score (nSPS) is 12.4. The first-order valence-electron chi connectivity index (χ1n) is 17.5. The summed E-state index contributed by atoms with van der Waals surface area (Å²) in [4.78, 5) is 18.0. The van der Waals surface area contributed by atoms with Gasteiger partial charge in [-0.15, -0.1) is 5.10 Å². The molecular weight excluding hydrogens is 610 g/mol. The number of nitrogens with one attached hydrogen (secondary N) is 2. The van der Waals surface area contributed by atoms with E-state index in [9.17, 15) is 4.79 Å². The highest BCUT2D eigenvalue weighted by Gasteiger charge is 2.24. The van der Waals surface area contributed by atoms with Gasteiger partial charge in [0.1, 0.15) is 16.5 Å². The molecule has 0 fully saturated rings. The van der Waals surface area contributed by atoms with Gasteiger partial charge in [-0.25, -0.2) is 4.98 Å². The molecule has 0 aliphatic carbocycles. The first-order chi connectivity index (χ1) is 22.6. The summed E-state index contributed by atoms with van der Waals surface area (Å²) >= 11 is 6.55. The van der Waals surface area contributed by atoms with Crippen LogP contribution in [0.4, 0.5) is 5.69 Å². The summed E-state index contributed by atoms with van der Waals surface area (Å²) in [6.07, 6.45) is 14.1. The molecule has 1 unspecified atom stereocenters. The van der Waals surface area contributed by atoms with Gasteiger partial charge in [0, 0.05) is 17.5 Å². The van der Waals surface area contributed by atoms with Gasteiger partial charge in [0.25, 0.3) is 5.91 Å². The summed E-state index contributed by atoms with van der Waals surface area (Å²) in [5, 5.41) is 11.5. The van der Waals surface area contributed by atoms with Crippen molar-refractivity contribution in [2.24, 2.45) is 0 Å². The van der Waals surface area contributed by atoms with Crippen molar-refractivity contribution in [2.45, 2.75) is 130 Å². The van der Waals surface area contributed by atoms with Crippen molar-refractivity contribution >= 4 is 28.8 Å². The standard InChI is InChI=1S/C38H54ClN5O3/c1-6-7-8-9-10-11-12-13-14-15-17-32(47-31-23-19-28(2)20-24-31)37(45)40-29-21-25-30(26-22-29)46-27-16-18-33-41-36-34(39)35(38(3,4)5)43-44(36)42-33/h19-26,32,43H,6-18,27H2,1-5H3,(H,40,45). The number of benzene rings is 2. The molecule has 0 bridgehead atoms. The number of nitrogens with zero attached hydrogens (tertiary/aromatic N) is 3. The molecule has 256 valence electrons. The van der Waals surface area contributed by atoms with E-state index in [1.165, 1.54) is 51.4 Å². The van der Waals surface area contributed by atoms with Gasteiger partial charge in [-0.3, -0.25) is 9.89 Å². The Morgan fingerprint density at radius 2 is 1.51 bits per heavy atom. The van der Waals surface area contributed by atoms with E-state index in [2.05, 4.69) is 48.2 Å². The molecule has 47 heavy (non-hydrogen) atoms. The highest BCUT2D eigenvalue weighted by atomic mass is 35.5. The predicted octanol–water partition coefficient (Wildman–Crippen LogP) is 10.0. The summed E-state index contributed by atoms with van der Waals surface area (Å²) in [6.45, 7) is 11.1. The fraction of sp³-hybridized carbons (Fsp3) is 0.553. The number of unbranched alkanes of at least 4 members (excludes halogenated alkanes) is 9. The third-order valence-electron chi connectivity index (χ3n) is 8.38. The number of aromatic nitrogens is 4. The van der Waals surface area contributed by atoms with Crippen LogP contribution in [0.3, 0.4) is 0 Å². The monoisotopic (exact) mass is 663 g/mol. The molecule has 2 aromatic heterocycles. The molecule has 9 heteroatoms. The zero-order valence-corrected chi connectivity index (χ0v) is 29.8. The van der Waals surface area contributed by atoms with Gasteiger partial charge < -0.3 is 14.8 Å². The van der Waals surface area contributed by atoms with Crippen molar-refractivity contribution in [2.75, 3.05) is 11.9 Å². The molecule has 8 nitrogen and oxygen atoms in total. The number of carbonyl (C=O) groups excluding carboxylic acids is 1. The molecule has 0 aliphatic rings. The molecule has 2 N–H and O–H groups in total. The van der Waals surface area contributed by atoms with Gasteiger partial charge in [0.2, 0.25) is 0 Å². The summed E-state index contributed by atoms with van der Waals surface area (Å²) in [5.41, 5.74) is 3.33. The minimum absolute atomic E-state index is 0.116. The number of aryl methyl sites for hydroxylation is 2. The number of amides is 1. The lowest BCUT2D eigenvalue weighted by Crippen LogP contribution is -2.33. The van der Waals surface area contributed by atoms with Crippen LogP contribution >= 0.6 is 11.6 Å². The van der Waals surface area contributed by atoms with E-state index in [1.807, 2.05) is 55.5 Å². The van der Waals surface area contributed by atoms with Crippen LogP contribution in [0.2, 0.25) is 5.02 Å². The Morgan fingerprint density at radius 3 is 2.13 bits per heavy atom. The number of carbonyl (C=O) groups is 1. The lowest BCUT2D eigenvalue weighted by atomic mass is 9.92. The fourth-order valence-corrected chi connectivity index (χ4v) is 6.01. The van der Waals surface area contributed by atoms with Crippen molar-refractivity contribution in [3.05, 3.63) is 70.6 Å². The van der Waals surface area contributed by atoms with Gasteiger partial charge in [0.05, 0.1) is 12.3 Å². The Labute approximate surface area is 286 Å². The molecule has 0 aliphatic heterocycles. The average molecular weight is 664 g/mol. The van der Waals surface area contributed by atoms with Crippen LogP contribution in [-0.2, 0) is 16.6 Å². The number of hydrogen-bond donors (Lipinski definition) is 2. The zero-order chi connectivity index (χ0) is 33.6. The maximum Gasteiger partial charge on any atom is 0.265 e. The number of aromatic amines is 1. The maximum atomic E-state index is 13.3. The first-order valence-corrected chi connectivity index (χ1v) is 17.9. The molecule has 0 radical (unpaired) electrons. The lowest BCUT2D eigenvalue weighted by molar-refractivity contribution is -0.123. The van der Waals surface area contributed by atoms with Crippen molar-refractivity contribution < 1.29 is 14.3 Å². The molecule has 4 rings (SSSR count). The van der Waals surface area contributed by atoms with Crippen LogP contribution in [0.1, 0.15) is 122 Å².